The van der Waals surface area contributed by atoms with E-state index >= 15 is 0 Å². The molecule has 1 aromatic heterocycles. The van der Waals surface area contributed by atoms with Crippen LogP contribution in [0, 0.1) is 6.92 Å². The first-order chi connectivity index (χ1) is 6.91. The van der Waals surface area contributed by atoms with E-state index in [0.717, 1.165) is 9.87 Å². The number of ether oxygens (including phenoxy) is 1. The van der Waals surface area contributed by atoms with Crippen molar-refractivity contribution < 1.29 is 13.2 Å². The lowest BCUT2D eigenvalue weighted by atomic mass is 10.3. The summed E-state index contributed by atoms with van der Waals surface area (Å²) >= 11 is 0. The van der Waals surface area contributed by atoms with E-state index in [4.69, 9.17) is 4.74 Å². The Hall–Kier alpha value is -1.14. The first-order valence-corrected chi connectivity index (χ1v) is 5.77. The second-order valence-electron chi connectivity index (χ2n) is 3.25. The second-order valence-corrected chi connectivity index (χ2v) is 5.32. The average molecular weight is 230 g/mol. The summed E-state index contributed by atoms with van der Waals surface area (Å²) in [4.78, 5) is 3.85. The molecule has 0 saturated heterocycles. The number of nitrogens with zero attached hydrogens (tertiary/aromatic N) is 2. The lowest BCUT2D eigenvalue weighted by Crippen LogP contribution is -2.24. The Morgan fingerprint density at radius 1 is 1.40 bits per heavy atom. The molecule has 1 heterocycles. The maximum absolute atomic E-state index is 11.8. The molecule has 1 aromatic rings. The lowest BCUT2D eigenvalue weighted by Gasteiger charge is -2.14. The molecule has 5 nitrogen and oxygen atoms in total. The van der Waals surface area contributed by atoms with E-state index in [1.54, 1.807) is 13.0 Å². The van der Waals surface area contributed by atoms with Crippen molar-refractivity contribution in [2.45, 2.75) is 11.9 Å². The van der Waals surface area contributed by atoms with Crippen LogP contribution in [0.1, 0.15) is 5.56 Å². The van der Waals surface area contributed by atoms with Crippen molar-refractivity contribution in [3.63, 3.8) is 0 Å². The van der Waals surface area contributed by atoms with Crippen LogP contribution in [0.4, 0.5) is 0 Å². The summed E-state index contributed by atoms with van der Waals surface area (Å²) < 4.78 is 29.8. The number of aromatic nitrogens is 1. The molecule has 0 atom stereocenters. The van der Waals surface area contributed by atoms with Crippen LogP contribution < -0.4 is 4.74 Å². The zero-order chi connectivity index (χ0) is 11.6. The number of hydrogen-bond acceptors (Lipinski definition) is 4. The second kappa shape index (κ2) is 4.16. The van der Waals surface area contributed by atoms with E-state index < -0.39 is 10.0 Å². The minimum absolute atomic E-state index is 0.0463. The Kier molecular flexibility index (Phi) is 3.31. The van der Waals surface area contributed by atoms with Gasteiger partial charge < -0.3 is 4.74 Å². The quantitative estimate of drug-likeness (QED) is 0.765. The smallest absolute Gasteiger partial charge is 0.263 e. The van der Waals surface area contributed by atoms with Crippen molar-refractivity contribution in [3.05, 3.63) is 17.8 Å². The number of pyridine rings is 1. The fourth-order valence-electron chi connectivity index (χ4n) is 1.12. The van der Waals surface area contributed by atoms with Crippen molar-refractivity contribution >= 4 is 10.0 Å². The molecule has 0 radical (unpaired) electrons. The number of hydrogen-bond donors (Lipinski definition) is 0. The van der Waals surface area contributed by atoms with Gasteiger partial charge in [-0.3, -0.25) is 0 Å². The molecule has 0 spiro atoms. The Morgan fingerprint density at radius 3 is 2.47 bits per heavy atom. The third-order valence-corrected chi connectivity index (χ3v) is 3.74. The van der Waals surface area contributed by atoms with Crippen LogP contribution in [-0.2, 0) is 10.0 Å². The van der Waals surface area contributed by atoms with Crippen molar-refractivity contribution in [1.29, 1.82) is 0 Å². The molecular weight excluding hydrogens is 216 g/mol. The van der Waals surface area contributed by atoms with Crippen LogP contribution in [0.2, 0.25) is 0 Å². The van der Waals surface area contributed by atoms with Crippen LogP contribution in [0.25, 0.3) is 0 Å². The zero-order valence-corrected chi connectivity index (χ0v) is 10.00. The Bertz CT molecular complexity index is 454. The topological polar surface area (TPSA) is 59.5 Å². The van der Waals surface area contributed by atoms with Crippen LogP contribution >= 0.6 is 0 Å². The first-order valence-electron chi connectivity index (χ1n) is 4.33. The summed E-state index contributed by atoms with van der Waals surface area (Å²) in [6.45, 7) is 1.77. The molecule has 6 heteroatoms. The van der Waals surface area contributed by atoms with Gasteiger partial charge in [-0.2, -0.15) is 0 Å². The average Bonchev–Trinajstić information content (AvgIpc) is 2.17. The van der Waals surface area contributed by atoms with E-state index in [2.05, 4.69) is 4.98 Å². The van der Waals surface area contributed by atoms with Crippen LogP contribution in [0.5, 0.6) is 5.75 Å². The summed E-state index contributed by atoms with van der Waals surface area (Å²) in [5, 5.41) is -0.0463. The van der Waals surface area contributed by atoms with Gasteiger partial charge in [0.1, 0.15) is 0 Å². The molecule has 0 aliphatic carbocycles. The maximum atomic E-state index is 11.8. The van der Waals surface area contributed by atoms with Crippen molar-refractivity contribution in [2.24, 2.45) is 0 Å². The van der Waals surface area contributed by atoms with Gasteiger partial charge in [0.25, 0.3) is 10.0 Å². The van der Waals surface area contributed by atoms with Gasteiger partial charge in [0.05, 0.1) is 7.11 Å². The van der Waals surface area contributed by atoms with Gasteiger partial charge >= 0.3 is 0 Å². The third-order valence-electron chi connectivity index (χ3n) is 2.00. The van der Waals surface area contributed by atoms with E-state index in [1.165, 1.54) is 27.4 Å². The minimum Gasteiger partial charge on any atom is -0.493 e. The molecule has 0 bridgehead atoms. The van der Waals surface area contributed by atoms with Crippen LogP contribution in [0.3, 0.4) is 0 Å². The van der Waals surface area contributed by atoms with Gasteiger partial charge in [-0.15, -0.1) is 0 Å². The lowest BCUT2D eigenvalue weighted by molar-refractivity contribution is 0.392. The normalized spacial score (nSPS) is 11.8. The standard InChI is InChI=1S/C9H14N2O3S/c1-7-5-6-10-9(8(7)14-4)15(12,13)11(2)3/h5-6H,1-4H3. The van der Waals surface area contributed by atoms with Gasteiger partial charge in [0.15, 0.2) is 5.75 Å². The molecule has 15 heavy (non-hydrogen) atoms. The van der Waals surface area contributed by atoms with E-state index in [1.807, 2.05) is 0 Å². The number of sulfonamides is 1. The highest BCUT2D eigenvalue weighted by molar-refractivity contribution is 7.89. The molecule has 0 fully saturated rings. The molecule has 0 unspecified atom stereocenters. The third kappa shape index (κ3) is 2.10. The first kappa shape index (κ1) is 11.9. The minimum atomic E-state index is -3.54. The predicted molar refractivity (Wildman–Crippen MR) is 56.4 cm³/mol. The van der Waals surface area contributed by atoms with Crippen LogP contribution in [-0.4, -0.2) is 38.9 Å². The summed E-state index contributed by atoms with van der Waals surface area (Å²) in [6.07, 6.45) is 1.45. The Labute approximate surface area is 89.7 Å². The predicted octanol–water partition coefficient (Wildman–Crippen LogP) is 0.649. The molecule has 0 saturated carbocycles. The number of methoxy groups -OCH3 is 1. The fraction of sp³-hybridized carbons (Fsp3) is 0.444. The van der Waals surface area contributed by atoms with E-state index in [-0.39, 0.29) is 5.03 Å². The van der Waals surface area contributed by atoms with E-state index in [0.29, 0.717) is 5.75 Å². The highest BCUT2D eigenvalue weighted by Crippen LogP contribution is 2.26. The number of rotatable bonds is 3. The SMILES string of the molecule is COc1c(C)ccnc1S(=O)(=O)N(C)C. The summed E-state index contributed by atoms with van der Waals surface area (Å²) in [6, 6.07) is 1.70. The van der Waals surface area contributed by atoms with Crippen molar-refractivity contribution in [3.8, 4) is 5.75 Å². The summed E-state index contributed by atoms with van der Waals surface area (Å²) in [7, 11) is 0.799. The Morgan fingerprint density at radius 2 is 2.00 bits per heavy atom. The van der Waals surface area contributed by atoms with Crippen LogP contribution in [0.15, 0.2) is 17.3 Å². The maximum Gasteiger partial charge on any atom is 0.263 e. The highest BCUT2D eigenvalue weighted by Gasteiger charge is 2.24. The van der Waals surface area contributed by atoms with Gasteiger partial charge in [-0.1, -0.05) is 0 Å². The Balaban J connectivity index is 3.45. The van der Waals surface area contributed by atoms with Crippen molar-refractivity contribution in [1.82, 2.24) is 9.29 Å². The molecule has 1 rings (SSSR count). The van der Waals surface area contributed by atoms with Gasteiger partial charge in [0, 0.05) is 20.3 Å². The van der Waals surface area contributed by atoms with Gasteiger partial charge in [0.2, 0.25) is 5.03 Å². The van der Waals surface area contributed by atoms with Crippen molar-refractivity contribution in [2.75, 3.05) is 21.2 Å². The molecule has 0 amide bonds. The largest absolute Gasteiger partial charge is 0.493 e. The molecular formula is C9H14N2O3S. The van der Waals surface area contributed by atoms with Gasteiger partial charge in [-0.05, 0) is 18.6 Å². The molecule has 0 aliphatic rings. The number of aryl methyl sites for hydroxylation is 1. The fourth-order valence-corrected chi connectivity index (χ4v) is 2.14. The highest BCUT2D eigenvalue weighted by atomic mass is 32.2. The molecule has 0 N–H and O–H groups in total. The molecule has 0 aliphatic heterocycles. The molecule has 0 aromatic carbocycles. The zero-order valence-electron chi connectivity index (χ0n) is 9.18. The molecule has 84 valence electrons. The van der Waals surface area contributed by atoms with E-state index in [9.17, 15) is 8.42 Å². The summed E-state index contributed by atoms with van der Waals surface area (Å²) in [5.74, 6) is 0.297. The monoisotopic (exact) mass is 230 g/mol. The summed E-state index contributed by atoms with van der Waals surface area (Å²) in [5.41, 5.74) is 0.743. The van der Waals surface area contributed by atoms with Gasteiger partial charge in [-0.25, -0.2) is 17.7 Å².